The number of primary amides is 3. The zero-order valence-electron chi connectivity index (χ0n) is 74.9. The molecule has 6 aromatic rings. The van der Waals surface area contributed by atoms with Gasteiger partial charge in [0.2, 0.25) is 17.7 Å². The van der Waals surface area contributed by atoms with Crippen molar-refractivity contribution in [1.29, 1.82) is 0 Å². The molecule has 6 amide bonds. The Morgan fingerprint density at radius 2 is 0.742 bits per heavy atom. The number of benzene rings is 6. The van der Waals surface area contributed by atoms with Crippen molar-refractivity contribution in [1.82, 2.24) is 29.4 Å². The van der Waals surface area contributed by atoms with E-state index in [1.165, 1.54) is 43.0 Å². The van der Waals surface area contributed by atoms with Gasteiger partial charge < -0.3 is 86.5 Å². The molecule has 35 heteroatoms. The molecule has 3 fully saturated rings. The molecule has 668 valence electrons. The predicted octanol–water partition coefficient (Wildman–Crippen LogP) is 3.20. The number of rotatable bonds is 29. The number of amides is 6. The van der Waals surface area contributed by atoms with Gasteiger partial charge in [-0.1, -0.05) is 91.0 Å². The van der Waals surface area contributed by atoms with E-state index in [0.717, 1.165) is 110 Å². The number of nitrogens with zero attached hydrogens (tertiary/aromatic N) is 6. The summed E-state index contributed by atoms with van der Waals surface area (Å²) in [6.45, 7) is 30.3. The van der Waals surface area contributed by atoms with Gasteiger partial charge in [0.1, 0.15) is 65.4 Å². The van der Waals surface area contributed by atoms with Crippen LogP contribution in [0, 0.1) is 0 Å². The maximum absolute atomic E-state index is 13.2. The number of halogens is 3. The first-order valence-corrected chi connectivity index (χ1v) is 40.6. The van der Waals surface area contributed by atoms with E-state index in [1.807, 2.05) is 12.1 Å². The molecule has 0 bridgehead atoms. The number of ether oxygens (including phenoxy) is 8. The van der Waals surface area contributed by atoms with Gasteiger partial charge in [0.25, 0.3) is 24.2 Å². The number of phenolic OH excluding ortho intramolecular Hbond substituents is 1. The molecule has 0 unspecified atom stereocenters. The predicted molar refractivity (Wildman–Crippen MR) is 453 cm³/mol. The third kappa shape index (κ3) is 35.9. The quantitative estimate of drug-likeness (QED) is 0.00996. The molecule has 0 radical (unpaired) electrons. The van der Waals surface area contributed by atoms with Crippen molar-refractivity contribution in [2.45, 2.75) is 194 Å². The summed E-state index contributed by atoms with van der Waals surface area (Å²) in [6, 6.07) is 37.6. The van der Waals surface area contributed by atoms with Gasteiger partial charge in [-0.25, -0.2) is 0 Å². The van der Waals surface area contributed by atoms with Gasteiger partial charge in [0.05, 0.1) is 67.8 Å². The third-order valence-electron chi connectivity index (χ3n) is 19.7. The standard InChI is InChI=1S/2C29H37N3O6.C17H22N2O5.C12H16ClNO.CH3F.CH2O3.ClH.2K.H/c2*1-29(2,3)38-26(33)12-11-24(27(30)34)32-18-23-22(28(32)35)5-4-6-25(23)37-19-21-9-7-20(8-10-21)17-31-13-15-36-16-14-31;1-17(2,3)24-14(21)8-7-12(15(18)22)19-9-11-10(16(19)23)5-4-6-13(11)20;13-9-11-1-3-12(4-2-11)10-14-5-7-15-8-6-14;1-2;2-1-4-3;;;;/h2*4-10,24H,11-19H2,1-3H3,(H2,30,34);4-6,12,20H,7-9H2,1-3H3,(H2,18,22);1-4H,5-10H2;1H3;1,3H;1H;;;/q;;;;;;;2*+1;-1/p-1/t2*24-;12-;;;;;;;/m000......./s1/i;;;;1D;;;;;. The molecule has 6 heterocycles. The number of alkyl halides is 2. The number of phenols is 1. The summed E-state index contributed by atoms with van der Waals surface area (Å²) >= 11 is 5.74. The molecule has 7 N–H and O–H groups in total. The molecule has 124 heavy (non-hydrogen) atoms. The Balaban J connectivity index is 0.000000436. The smallest absolute Gasteiger partial charge is 1.00 e. The van der Waals surface area contributed by atoms with Crippen molar-refractivity contribution in [3.05, 3.63) is 194 Å². The average Bonchev–Trinajstić information content (AvgIpc) is 1.64. The summed E-state index contributed by atoms with van der Waals surface area (Å²) in [5.74, 6) is -2.55. The van der Waals surface area contributed by atoms with E-state index >= 15 is 0 Å². The van der Waals surface area contributed by atoms with Gasteiger partial charge in [-0.05, 0) is 151 Å². The zero-order valence-corrected chi connectivity index (χ0v) is 80.7. The SMILES string of the molecule is CC(C)(C)OC(=O)CC[C@@H](C(N)=O)N1Cc2c(O)cccc2C1=O.CC(C)(C)OC(=O)CC[C@@H](C(N)=O)N1Cc2c(OCc3ccc(CN4CCOCC4)cc3)cccc2C1=O.CC(C)(C)OC(=O)CC[C@@H](C(N)=O)N1Cc2c(OCc3ccc(CN4CCOCC4)cc3)cccc2C1=O.Cl.ClCc1ccc(CN2CCOCC2)cc1.O=CO[O-].[2H]CF.[H-].[K+].[K+]. The van der Waals surface area contributed by atoms with Crippen molar-refractivity contribution in [2.75, 3.05) is 86.1 Å². The minimum Gasteiger partial charge on any atom is -1.00 e. The van der Waals surface area contributed by atoms with Crippen LogP contribution in [0.15, 0.2) is 127 Å². The number of fused-ring (bicyclic) bond motifs is 3. The minimum absolute atomic E-state index is 0. The van der Waals surface area contributed by atoms with Crippen molar-refractivity contribution >= 4 is 83.8 Å². The van der Waals surface area contributed by atoms with Gasteiger partial charge in [-0.2, -0.15) is 0 Å². The van der Waals surface area contributed by atoms with E-state index in [0.29, 0.717) is 64.0 Å². The van der Waals surface area contributed by atoms with E-state index < -0.39 is 77.7 Å². The molecule has 0 aliphatic carbocycles. The Bertz CT molecular complexity index is 4280. The van der Waals surface area contributed by atoms with E-state index in [-0.39, 0.29) is 205 Å². The molecule has 6 aromatic carbocycles. The molecular weight excluding hydrogens is 1700 g/mol. The van der Waals surface area contributed by atoms with Crippen molar-refractivity contribution < 1.29 is 211 Å². The van der Waals surface area contributed by atoms with E-state index in [1.54, 1.807) is 98.7 Å². The monoisotopic (exact) mass is 1820 g/mol. The number of carbonyl (C=O) groups is 10. The average molecular weight is 1820 g/mol. The van der Waals surface area contributed by atoms with Crippen LogP contribution in [0.25, 0.3) is 0 Å². The van der Waals surface area contributed by atoms with Gasteiger partial charge in [-0.15, -0.1) is 24.0 Å². The summed E-state index contributed by atoms with van der Waals surface area (Å²) < 4.78 is 59.8. The maximum Gasteiger partial charge on any atom is 1.00 e. The van der Waals surface area contributed by atoms with Crippen LogP contribution in [0.4, 0.5) is 4.39 Å². The molecule has 12 rings (SSSR count). The first-order valence-electron chi connectivity index (χ1n) is 40.8. The molecule has 0 aromatic heterocycles. The number of aromatic hydroxyl groups is 1. The molecule has 6 aliphatic heterocycles. The fraction of sp³-hybridized carbons (Fsp3) is 0.483. The Hall–Kier alpha value is -7.08. The van der Waals surface area contributed by atoms with Gasteiger partial charge >= 0.3 is 121 Å². The third-order valence-corrected chi connectivity index (χ3v) is 20.0. The van der Waals surface area contributed by atoms with Crippen LogP contribution in [0.3, 0.4) is 0 Å². The minimum atomic E-state index is -1.00. The van der Waals surface area contributed by atoms with Crippen molar-refractivity contribution in [3.8, 4) is 17.2 Å². The van der Waals surface area contributed by atoms with Crippen LogP contribution in [0.1, 0.15) is 185 Å². The van der Waals surface area contributed by atoms with E-state index in [9.17, 15) is 52.6 Å². The van der Waals surface area contributed by atoms with Crippen LogP contribution in [-0.4, -0.2) is 215 Å². The molecule has 3 saturated heterocycles. The van der Waals surface area contributed by atoms with Gasteiger partial charge in [0, 0.05) is 117 Å². The molecule has 30 nitrogen and oxygen atoms in total. The number of carbonyl (C=O) groups excluding carboxylic acids is 10. The molecule has 6 aliphatic rings. The Morgan fingerprint density at radius 3 is 1.00 bits per heavy atom. The van der Waals surface area contributed by atoms with Crippen LogP contribution >= 0.6 is 24.0 Å². The Morgan fingerprint density at radius 1 is 0.484 bits per heavy atom. The van der Waals surface area contributed by atoms with E-state index in [4.69, 9.17) is 78.1 Å². The van der Waals surface area contributed by atoms with Gasteiger partial charge in [0.15, 0.2) is 0 Å². The largest absolute Gasteiger partial charge is 1.00 e. The van der Waals surface area contributed by atoms with E-state index in [2.05, 4.69) is 92.4 Å². The number of hydrogen-bond acceptors (Lipinski definition) is 24. The molecular formula is C89H118Cl2FK2N9O21. The number of morpholine rings is 3. The van der Waals surface area contributed by atoms with Crippen LogP contribution in [0.2, 0.25) is 0 Å². The summed E-state index contributed by atoms with van der Waals surface area (Å²) in [5, 5.41) is 18.3. The van der Waals surface area contributed by atoms with Crippen LogP contribution < -0.4 is 135 Å². The van der Waals surface area contributed by atoms with Gasteiger partial charge in [-0.3, -0.25) is 67.0 Å². The Kier molecular flexibility index (Phi) is 47.1. The number of nitrogens with two attached hydrogens (primary N) is 3. The topological polar surface area (TPSA) is 395 Å². The second-order valence-electron chi connectivity index (χ2n) is 32.3. The second-order valence-corrected chi connectivity index (χ2v) is 32.6. The summed E-state index contributed by atoms with van der Waals surface area (Å²) in [6.07, 6.45) is 0.196. The van der Waals surface area contributed by atoms with Crippen LogP contribution in [0.5, 0.6) is 17.2 Å². The fourth-order valence-electron chi connectivity index (χ4n) is 13.9. The molecule has 0 saturated carbocycles. The van der Waals surface area contributed by atoms with Crippen molar-refractivity contribution in [2.24, 2.45) is 17.2 Å². The maximum atomic E-state index is 13.2. The fourth-order valence-corrected chi connectivity index (χ4v) is 14.1. The molecule has 3 atom stereocenters. The Labute approximate surface area is 824 Å². The number of hydrogen-bond donors (Lipinski definition) is 4. The second kappa shape index (κ2) is 54.3. The zero-order chi connectivity index (χ0) is 89.3. The summed E-state index contributed by atoms with van der Waals surface area (Å²) in [7, 11) is -1.00. The first-order chi connectivity index (χ1) is 58.0. The summed E-state index contributed by atoms with van der Waals surface area (Å²) in [5.41, 5.74) is 25.1. The summed E-state index contributed by atoms with van der Waals surface area (Å²) in [4.78, 5) is 134. The van der Waals surface area contributed by atoms with Crippen LogP contribution in [-0.2, 0) is 125 Å². The molecule has 0 spiro atoms. The normalized spacial score (nSPS) is 15.7. The first kappa shape index (κ1) is 107. The number of esters is 3. The van der Waals surface area contributed by atoms with Crippen molar-refractivity contribution in [3.63, 3.8) is 0 Å².